The van der Waals surface area contributed by atoms with E-state index in [-0.39, 0.29) is 5.91 Å². The zero-order chi connectivity index (χ0) is 20.5. The number of nitrogens with one attached hydrogen (secondary N) is 1. The fourth-order valence-corrected chi connectivity index (χ4v) is 4.33. The molecule has 0 radical (unpaired) electrons. The Balaban J connectivity index is 1.80. The average molecular weight is 504 g/mol. The maximum absolute atomic E-state index is 12.0. The maximum atomic E-state index is 12.0. The van der Waals surface area contributed by atoms with Gasteiger partial charge in [-0.05, 0) is 29.0 Å². The Kier molecular flexibility index (Phi) is 15.7. The molecular formula is C23H42IN3O. The van der Waals surface area contributed by atoms with Crippen molar-refractivity contribution in [1.82, 2.24) is 15.1 Å². The van der Waals surface area contributed by atoms with E-state index < -0.39 is 0 Å². The highest BCUT2D eigenvalue weighted by Crippen LogP contribution is 2.14. The molecule has 0 aliphatic carbocycles. The summed E-state index contributed by atoms with van der Waals surface area (Å²) in [6.07, 6.45) is 23.8. The predicted octanol–water partition coefficient (Wildman–Crippen LogP) is 7.02. The highest BCUT2D eigenvalue weighted by atomic mass is 127. The number of hydrogen-bond donors (Lipinski definition) is 1. The van der Waals surface area contributed by atoms with Crippen LogP contribution in [-0.4, -0.2) is 22.2 Å². The van der Waals surface area contributed by atoms with E-state index in [1.807, 2.05) is 13.2 Å². The van der Waals surface area contributed by atoms with Crippen LogP contribution in [0.3, 0.4) is 0 Å². The summed E-state index contributed by atoms with van der Waals surface area (Å²) in [4.78, 5) is 12.0. The smallest absolute Gasteiger partial charge is 0.272 e. The molecule has 0 aromatic carbocycles. The number of amides is 1. The van der Waals surface area contributed by atoms with Crippen molar-refractivity contribution in [3.63, 3.8) is 0 Å². The zero-order valence-corrected chi connectivity index (χ0v) is 20.4. The molecule has 1 aromatic rings. The van der Waals surface area contributed by atoms with E-state index in [0.29, 0.717) is 5.69 Å². The lowest BCUT2D eigenvalue weighted by Crippen LogP contribution is -2.25. The van der Waals surface area contributed by atoms with Crippen LogP contribution >= 0.6 is 22.6 Å². The number of hydrogen-bond acceptors (Lipinski definition) is 2. The van der Waals surface area contributed by atoms with Crippen molar-refractivity contribution in [3.05, 3.63) is 15.5 Å². The summed E-state index contributed by atoms with van der Waals surface area (Å²) in [5.41, 5.74) is 0.541. The third-order valence-electron chi connectivity index (χ3n) is 5.32. The first-order valence-corrected chi connectivity index (χ1v) is 12.7. The van der Waals surface area contributed by atoms with Crippen LogP contribution in [0.5, 0.6) is 0 Å². The van der Waals surface area contributed by atoms with Gasteiger partial charge in [0.25, 0.3) is 5.91 Å². The highest BCUT2D eigenvalue weighted by molar-refractivity contribution is 14.1. The van der Waals surface area contributed by atoms with Gasteiger partial charge in [-0.3, -0.25) is 9.48 Å². The Labute approximate surface area is 186 Å². The second kappa shape index (κ2) is 17.3. The fraction of sp³-hybridized carbons (Fsp3) is 0.826. The van der Waals surface area contributed by atoms with Gasteiger partial charge in [0.2, 0.25) is 0 Å². The minimum atomic E-state index is -0.0500. The van der Waals surface area contributed by atoms with Crippen molar-refractivity contribution in [1.29, 1.82) is 0 Å². The van der Waals surface area contributed by atoms with E-state index in [1.54, 1.807) is 4.68 Å². The van der Waals surface area contributed by atoms with Crippen LogP contribution < -0.4 is 5.32 Å². The second-order valence-electron chi connectivity index (χ2n) is 8.06. The molecule has 0 saturated heterocycles. The maximum Gasteiger partial charge on any atom is 0.272 e. The third kappa shape index (κ3) is 12.8. The molecule has 162 valence electrons. The first-order chi connectivity index (χ1) is 13.6. The van der Waals surface area contributed by atoms with Gasteiger partial charge in [0.15, 0.2) is 5.69 Å². The van der Waals surface area contributed by atoms with E-state index in [2.05, 4.69) is 39.9 Å². The van der Waals surface area contributed by atoms with Crippen LogP contribution in [0.15, 0.2) is 6.20 Å². The van der Waals surface area contributed by atoms with Crippen LogP contribution in [-0.2, 0) is 7.05 Å². The van der Waals surface area contributed by atoms with E-state index in [4.69, 9.17) is 0 Å². The molecule has 1 rings (SSSR count). The number of aryl methyl sites for hydroxylation is 1. The van der Waals surface area contributed by atoms with Gasteiger partial charge in [0, 0.05) is 19.8 Å². The van der Waals surface area contributed by atoms with Crippen LogP contribution in [0.4, 0.5) is 0 Å². The molecule has 0 atom stereocenters. The number of carbonyl (C=O) groups is 1. The average Bonchev–Trinajstić information content (AvgIpc) is 3.02. The molecule has 0 unspecified atom stereocenters. The van der Waals surface area contributed by atoms with Crippen molar-refractivity contribution < 1.29 is 4.79 Å². The molecule has 1 heterocycles. The van der Waals surface area contributed by atoms with Gasteiger partial charge in [-0.25, -0.2) is 0 Å². The summed E-state index contributed by atoms with van der Waals surface area (Å²) in [7, 11) is 1.84. The summed E-state index contributed by atoms with van der Waals surface area (Å²) < 4.78 is 2.59. The van der Waals surface area contributed by atoms with Crippen molar-refractivity contribution in [2.45, 2.75) is 110 Å². The lowest BCUT2D eigenvalue weighted by molar-refractivity contribution is 0.0946. The van der Waals surface area contributed by atoms with E-state index in [0.717, 1.165) is 16.5 Å². The topological polar surface area (TPSA) is 46.9 Å². The standard InChI is InChI=1S/C23H42IN3O/c1-3-4-5-6-7-8-9-10-11-12-13-14-15-16-17-18-19-25-23(28)22-21(24)20-27(2)26-22/h20H,3-19H2,1-2H3,(H,25,28). The molecular weight excluding hydrogens is 461 g/mol. The molecule has 0 bridgehead atoms. The Morgan fingerprint density at radius 2 is 1.29 bits per heavy atom. The predicted molar refractivity (Wildman–Crippen MR) is 128 cm³/mol. The van der Waals surface area contributed by atoms with Crippen molar-refractivity contribution >= 4 is 28.5 Å². The molecule has 0 aliphatic heterocycles. The normalized spacial score (nSPS) is 11.1. The van der Waals surface area contributed by atoms with Crippen molar-refractivity contribution in [3.8, 4) is 0 Å². The van der Waals surface area contributed by atoms with Gasteiger partial charge >= 0.3 is 0 Å². The summed E-state index contributed by atoms with van der Waals surface area (Å²) in [6.45, 7) is 3.04. The van der Waals surface area contributed by atoms with Gasteiger partial charge in [-0.2, -0.15) is 5.10 Å². The van der Waals surface area contributed by atoms with E-state index in [1.165, 1.54) is 96.3 Å². The second-order valence-corrected chi connectivity index (χ2v) is 9.22. The Bertz CT molecular complexity index is 516. The Hall–Kier alpha value is -0.590. The van der Waals surface area contributed by atoms with Crippen LogP contribution in [0.1, 0.15) is 120 Å². The molecule has 0 spiro atoms. The molecule has 0 aliphatic rings. The summed E-state index contributed by atoms with van der Waals surface area (Å²) in [5.74, 6) is -0.0500. The fourth-order valence-electron chi connectivity index (χ4n) is 3.57. The number of halogens is 1. The first-order valence-electron chi connectivity index (χ1n) is 11.6. The van der Waals surface area contributed by atoms with Crippen LogP contribution in [0.25, 0.3) is 0 Å². The number of aromatic nitrogens is 2. The molecule has 28 heavy (non-hydrogen) atoms. The molecule has 0 fully saturated rings. The minimum absolute atomic E-state index is 0.0500. The summed E-state index contributed by atoms with van der Waals surface area (Å²) in [5, 5.41) is 7.19. The molecule has 4 nitrogen and oxygen atoms in total. The molecule has 5 heteroatoms. The number of rotatable bonds is 18. The molecule has 1 aromatic heterocycles. The molecule has 1 amide bonds. The number of carbonyl (C=O) groups excluding carboxylic acids is 1. The van der Waals surface area contributed by atoms with E-state index in [9.17, 15) is 4.79 Å². The van der Waals surface area contributed by atoms with Crippen molar-refractivity contribution in [2.75, 3.05) is 6.54 Å². The van der Waals surface area contributed by atoms with Gasteiger partial charge in [0.1, 0.15) is 0 Å². The molecule has 0 saturated carbocycles. The monoisotopic (exact) mass is 503 g/mol. The third-order valence-corrected chi connectivity index (χ3v) is 6.10. The Morgan fingerprint density at radius 1 is 0.857 bits per heavy atom. The zero-order valence-electron chi connectivity index (χ0n) is 18.3. The van der Waals surface area contributed by atoms with Gasteiger partial charge in [-0.15, -0.1) is 0 Å². The Morgan fingerprint density at radius 3 is 1.68 bits per heavy atom. The van der Waals surface area contributed by atoms with Gasteiger partial charge in [-0.1, -0.05) is 103 Å². The van der Waals surface area contributed by atoms with E-state index >= 15 is 0 Å². The lowest BCUT2D eigenvalue weighted by Gasteiger charge is -2.05. The summed E-state index contributed by atoms with van der Waals surface area (Å²) in [6, 6.07) is 0. The lowest BCUT2D eigenvalue weighted by atomic mass is 10.0. The first kappa shape index (κ1) is 25.4. The van der Waals surface area contributed by atoms with Crippen LogP contribution in [0, 0.1) is 3.57 Å². The molecule has 1 N–H and O–H groups in total. The van der Waals surface area contributed by atoms with Crippen molar-refractivity contribution in [2.24, 2.45) is 7.05 Å². The highest BCUT2D eigenvalue weighted by Gasteiger charge is 2.13. The van der Waals surface area contributed by atoms with Gasteiger partial charge in [0.05, 0.1) is 3.57 Å². The SMILES string of the molecule is CCCCCCCCCCCCCCCCCCNC(=O)c1nn(C)cc1I. The summed E-state index contributed by atoms with van der Waals surface area (Å²) >= 11 is 2.16. The van der Waals surface area contributed by atoms with Crippen LogP contribution in [0.2, 0.25) is 0 Å². The largest absolute Gasteiger partial charge is 0.351 e. The number of unbranched alkanes of at least 4 members (excludes halogenated alkanes) is 15. The number of nitrogens with zero attached hydrogens (tertiary/aromatic N) is 2. The van der Waals surface area contributed by atoms with Gasteiger partial charge < -0.3 is 5.32 Å². The quantitative estimate of drug-likeness (QED) is 0.173. The minimum Gasteiger partial charge on any atom is -0.351 e.